The predicted octanol–water partition coefficient (Wildman–Crippen LogP) is 4.07. The molecular weight excluding hydrogens is 419 g/mol. The molecule has 0 fully saturated rings. The second-order valence-corrected chi connectivity index (χ2v) is 6.56. The molecule has 1 aromatic carbocycles. The van der Waals surface area contributed by atoms with Crippen LogP contribution in [0.5, 0.6) is 6.01 Å². The van der Waals surface area contributed by atoms with Crippen molar-refractivity contribution in [3.8, 4) is 6.01 Å². The van der Waals surface area contributed by atoms with Crippen LogP contribution in [0, 0.1) is 0 Å². The maximum atomic E-state index is 13.7. The SMILES string of the molecule is CCO[C@@H](c1ccc([C@@H](COC)CC(=O)O)cc1Nc1cnc(OC)nc1)C(F)(F)F. The Bertz CT molecular complexity index is 862. The maximum Gasteiger partial charge on any atom is 0.418 e. The monoisotopic (exact) mass is 443 g/mol. The van der Waals surface area contributed by atoms with Crippen LogP contribution in [0.1, 0.15) is 36.5 Å². The molecule has 8 nitrogen and oxygen atoms in total. The minimum atomic E-state index is -4.66. The Morgan fingerprint density at radius 2 is 1.90 bits per heavy atom. The van der Waals surface area contributed by atoms with Crippen molar-refractivity contribution in [2.45, 2.75) is 31.5 Å². The molecule has 170 valence electrons. The predicted molar refractivity (Wildman–Crippen MR) is 106 cm³/mol. The average Bonchev–Trinajstić information content (AvgIpc) is 2.71. The largest absolute Gasteiger partial charge is 0.481 e. The minimum absolute atomic E-state index is 0.0882. The van der Waals surface area contributed by atoms with Gasteiger partial charge in [0.25, 0.3) is 0 Å². The number of alkyl halides is 3. The molecule has 1 heterocycles. The summed E-state index contributed by atoms with van der Waals surface area (Å²) in [6, 6.07) is 4.29. The average molecular weight is 443 g/mol. The molecule has 2 atom stereocenters. The van der Waals surface area contributed by atoms with Crippen molar-refractivity contribution in [2.75, 3.05) is 32.8 Å². The Kier molecular flexibility index (Phi) is 8.57. The molecule has 0 saturated heterocycles. The highest BCUT2D eigenvalue weighted by Crippen LogP contribution is 2.41. The van der Waals surface area contributed by atoms with Gasteiger partial charge in [-0.1, -0.05) is 12.1 Å². The first-order valence-corrected chi connectivity index (χ1v) is 9.35. The van der Waals surface area contributed by atoms with Gasteiger partial charge in [-0.15, -0.1) is 0 Å². The van der Waals surface area contributed by atoms with E-state index in [-0.39, 0.29) is 36.9 Å². The van der Waals surface area contributed by atoms with Crippen LogP contribution in [0.2, 0.25) is 0 Å². The van der Waals surface area contributed by atoms with Gasteiger partial charge in [0.1, 0.15) is 0 Å². The third-order valence-electron chi connectivity index (χ3n) is 4.34. The molecule has 2 aromatic rings. The molecule has 31 heavy (non-hydrogen) atoms. The number of hydrogen-bond acceptors (Lipinski definition) is 7. The third-order valence-corrected chi connectivity index (χ3v) is 4.34. The number of nitrogens with one attached hydrogen (secondary N) is 1. The topological polar surface area (TPSA) is 103 Å². The van der Waals surface area contributed by atoms with Crippen LogP contribution in [0.3, 0.4) is 0 Å². The van der Waals surface area contributed by atoms with Gasteiger partial charge in [-0.2, -0.15) is 13.2 Å². The number of anilines is 2. The van der Waals surface area contributed by atoms with Crippen LogP contribution in [-0.2, 0) is 14.3 Å². The van der Waals surface area contributed by atoms with E-state index >= 15 is 0 Å². The quantitative estimate of drug-likeness (QED) is 0.536. The van der Waals surface area contributed by atoms with Gasteiger partial charge >= 0.3 is 18.2 Å². The zero-order valence-electron chi connectivity index (χ0n) is 17.3. The first kappa shape index (κ1) is 24.4. The molecule has 1 aromatic heterocycles. The molecular formula is C20H24F3N3O5. The van der Waals surface area contributed by atoms with Gasteiger partial charge in [0.2, 0.25) is 0 Å². The van der Waals surface area contributed by atoms with Gasteiger partial charge in [0.05, 0.1) is 38.2 Å². The summed E-state index contributed by atoms with van der Waals surface area (Å²) in [6.45, 7) is 1.41. The van der Waals surface area contributed by atoms with Gasteiger partial charge in [-0.25, -0.2) is 9.97 Å². The lowest BCUT2D eigenvalue weighted by Gasteiger charge is -2.25. The number of carbonyl (C=O) groups is 1. The molecule has 0 unspecified atom stereocenters. The van der Waals surface area contributed by atoms with E-state index in [1.54, 1.807) is 0 Å². The number of aromatic nitrogens is 2. The Hall–Kier alpha value is -2.92. The summed E-state index contributed by atoms with van der Waals surface area (Å²) in [5.74, 6) is -1.60. The molecule has 0 spiro atoms. The van der Waals surface area contributed by atoms with Gasteiger partial charge < -0.3 is 24.6 Å². The molecule has 2 rings (SSSR count). The molecule has 0 bridgehead atoms. The number of methoxy groups -OCH3 is 2. The lowest BCUT2D eigenvalue weighted by Crippen LogP contribution is -2.24. The Labute approximate surface area is 177 Å². The van der Waals surface area contributed by atoms with Crippen LogP contribution in [0.4, 0.5) is 24.5 Å². The van der Waals surface area contributed by atoms with Crippen molar-refractivity contribution >= 4 is 17.3 Å². The van der Waals surface area contributed by atoms with Crippen LogP contribution in [-0.4, -0.2) is 54.7 Å². The summed E-state index contributed by atoms with van der Waals surface area (Å²) in [5, 5.41) is 12.1. The summed E-state index contributed by atoms with van der Waals surface area (Å²) in [4.78, 5) is 19.1. The highest BCUT2D eigenvalue weighted by atomic mass is 19.4. The highest BCUT2D eigenvalue weighted by Gasteiger charge is 2.43. The second-order valence-electron chi connectivity index (χ2n) is 6.56. The van der Waals surface area contributed by atoms with Crippen LogP contribution < -0.4 is 10.1 Å². The molecule has 0 saturated carbocycles. The third kappa shape index (κ3) is 6.79. The molecule has 0 aliphatic carbocycles. The van der Waals surface area contributed by atoms with Crippen molar-refractivity contribution < 1.29 is 37.3 Å². The number of rotatable bonds is 11. The van der Waals surface area contributed by atoms with Crippen molar-refractivity contribution in [2.24, 2.45) is 0 Å². The highest BCUT2D eigenvalue weighted by molar-refractivity contribution is 5.69. The van der Waals surface area contributed by atoms with E-state index in [9.17, 15) is 23.1 Å². The van der Waals surface area contributed by atoms with Crippen LogP contribution in [0.25, 0.3) is 0 Å². The van der Waals surface area contributed by atoms with Crippen LogP contribution >= 0.6 is 0 Å². The van der Waals surface area contributed by atoms with E-state index in [0.717, 1.165) is 0 Å². The summed E-state index contributed by atoms with van der Waals surface area (Å²) in [5.41, 5.74) is 0.759. The zero-order valence-corrected chi connectivity index (χ0v) is 17.3. The Morgan fingerprint density at radius 3 is 2.42 bits per heavy atom. The molecule has 11 heteroatoms. The number of halogens is 3. The first-order chi connectivity index (χ1) is 14.7. The fourth-order valence-electron chi connectivity index (χ4n) is 3.02. The lowest BCUT2D eigenvalue weighted by atomic mass is 9.93. The van der Waals surface area contributed by atoms with Crippen LogP contribution in [0.15, 0.2) is 30.6 Å². The summed E-state index contributed by atoms with van der Waals surface area (Å²) < 4.78 is 56.0. The normalized spacial score (nSPS) is 13.5. The minimum Gasteiger partial charge on any atom is -0.481 e. The Morgan fingerprint density at radius 1 is 1.23 bits per heavy atom. The van der Waals surface area contributed by atoms with Crippen molar-refractivity contribution in [1.82, 2.24) is 9.97 Å². The van der Waals surface area contributed by atoms with Gasteiger partial charge in [0, 0.05) is 30.9 Å². The first-order valence-electron chi connectivity index (χ1n) is 9.35. The van der Waals surface area contributed by atoms with Gasteiger partial charge in [-0.05, 0) is 18.6 Å². The summed E-state index contributed by atoms with van der Waals surface area (Å²) >= 11 is 0. The molecule has 0 amide bonds. The number of ether oxygens (including phenoxy) is 3. The standard InChI is InChI=1S/C20H24F3N3O5/c1-4-31-18(20(21,22)23)15-6-5-12(13(11-29-2)8-17(27)28)7-16(15)26-14-9-24-19(30-3)25-10-14/h5-7,9-10,13,18,26H,4,8,11H2,1-3H3,(H,27,28)/t13-,18+/m1/s1. The smallest absolute Gasteiger partial charge is 0.418 e. The molecule has 0 aliphatic rings. The van der Waals surface area contributed by atoms with E-state index in [1.165, 1.54) is 51.7 Å². The number of aliphatic carboxylic acids is 1. The van der Waals surface area contributed by atoms with E-state index in [4.69, 9.17) is 14.2 Å². The number of nitrogens with zero attached hydrogens (tertiary/aromatic N) is 2. The molecule has 2 N–H and O–H groups in total. The second kappa shape index (κ2) is 10.9. The number of benzene rings is 1. The number of carboxylic acid groups (broad SMARTS) is 1. The van der Waals surface area contributed by atoms with Gasteiger partial charge in [0.15, 0.2) is 6.10 Å². The fourth-order valence-corrected chi connectivity index (χ4v) is 3.02. The molecule has 0 radical (unpaired) electrons. The lowest BCUT2D eigenvalue weighted by molar-refractivity contribution is -0.222. The van der Waals surface area contributed by atoms with E-state index in [1.807, 2.05) is 0 Å². The zero-order chi connectivity index (χ0) is 23.0. The van der Waals surface area contributed by atoms with Crippen molar-refractivity contribution in [3.05, 3.63) is 41.7 Å². The fraction of sp³-hybridized carbons (Fsp3) is 0.450. The number of carboxylic acids is 1. The molecule has 0 aliphatic heterocycles. The van der Waals surface area contributed by atoms with E-state index in [0.29, 0.717) is 11.3 Å². The van der Waals surface area contributed by atoms with Gasteiger partial charge in [-0.3, -0.25) is 4.79 Å². The van der Waals surface area contributed by atoms with E-state index in [2.05, 4.69) is 15.3 Å². The Balaban J connectivity index is 2.53. The van der Waals surface area contributed by atoms with Crippen molar-refractivity contribution in [1.29, 1.82) is 0 Å². The summed E-state index contributed by atoms with van der Waals surface area (Å²) in [7, 11) is 2.81. The van der Waals surface area contributed by atoms with Crippen molar-refractivity contribution in [3.63, 3.8) is 0 Å². The number of hydrogen-bond donors (Lipinski definition) is 2. The summed E-state index contributed by atoms with van der Waals surface area (Å²) in [6.07, 6.45) is -4.36. The van der Waals surface area contributed by atoms with E-state index < -0.39 is 24.2 Å². The maximum absolute atomic E-state index is 13.7.